The minimum atomic E-state index is 0.0905. The van der Waals surface area contributed by atoms with E-state index in [9.17, 15) is 0 Å². The topological polar surface area (TPSA) is 65.7 Å². The van der Waals surface area contributed by atoms with Gasteiger partial charge in [0.25, 0.3) is 0 Å². The highest BCUT2D eigenvalue weighted by Gasteiger charge is 2.37. The van der Waals surface area contributed by atoms with Crippen molar-refractivity contribution < 1.29 is 14.2 Å². The summed E-state index contributed by atoms with van der Waals surface area (Å²) in [5.41, 5.74) is 6.90. The first kappa shape index (κ1) is 11.6. The average Bonchev–Trinajstić information content (AvgIpc) is 2.38. The van der Waals surface area contributed by atoms with E-state index in [4.69, 9.17) is 19.9 Å². The van der Waals surface area contributed by atoms with E-state index in [0.29, 0.717) is 19.8 Å². The van der Waals surface area contributed by atoms with Gasteiger partial charge in [-0.05, 0) is 12.1 Å². The molecule has 1 saturated heterocycles. The molecule has 2 heterocycles. The van der Waals surface area contributed by atoms with Crippen LogP contribution in [0.3, 0.4) is 0 Å². The molecule has 2 aliphatic rings. The molecular weight excluding hydrogens is 232 g/mol. The number of benzene rings is 1. The predicted octanol–water partition coefficient (Wildman–Crippen LogP) is 0.845. The Bertz CT molecular complexity index is 427. The van der Waals surface area contributed by atoms with E-state index >= 15 is 0 Å². The first-order valence-electron chi connectivity index (χ1n) is 6.23. The molecule has 0 amide bonds. The maximum absolute atomic E-state index is 5.78. The number of nitrogens with one attached hydrogen (secondary N) is 1. The lowest BCUT2D eigenvalue weighted by Gasteiger charge is -2.40. The molecule has 1 fully saturated rings. The summed E-state index contributed by atoms with van der Waals surface area (Å²) in [6.07, 6.45) is 0. The predicted molar refractivity (Wildman–Crippen MR) is 68.2 cm³/mol. The quantitative estimate of drug-likeness (QED) is 0.829. The first-order chi connectivity index (χ1) is 8.81. The van der Waals surface area contributed by atoms with Crippen LogP contribution in [0.5, 0.6) is 11.5 Å². The van der Waals surface area contributed by atoms with Crippen LogP contribution in [0.4, 0.5) is 5.69 Å². The van der Waals surface area contributed by atoms with Gasteiger partial charge in [0.15, 0.2) is 11.5 Å². The zero-order valence-corrected chi connectivity index (χ0v) is 10.3. The van der Waals surface area contributed by atoms with Crippen molar-refractivity contribution in [2.45, 2.75) is 0 Å². The van der Waals surface area contributed by atoms with Gasteiger partial charge in [0.2, 0.25) is 0 Å². The number of rotatable bonds is 4. The van der Waals surface area contributed by atoms with Crippen molar-refractivity contribution in [2.75, 3.05) is 44.8 Å². The number of nitrogens with two attached hydrogens (primary N) is 1. The number of hydrogen-bond donors (Lipinski definition) is 2. The van der Waals surface area contributed by atoms with Crippen LogP contribution in [0.15, 0.2) is 18.2 Å². The van der Waals surface area contributed by atoms with Crippen LogP contribution in [-0.2, 0) is 4.74 Å². The number of ether oxygens (including phenoxy) is 3. The molecular formula is C13H18N2O3. The molecule has 0 unspecified atom stereocenters. The summed E-state index contributed by atoms with van der Waals surface area (Å²) in [6.45, 7) is 4.17. The zero-order valence-electron chi connectivity index (χ0n) is 10.3. The molecule has 0 aliphatic carbocycles. The fraction of sp³-hybridized carbons (Fsp3) is 0.538. The van der Waals surface area contributed by atoms with E-state index in [-0.39, 0.29) is 5.41 Å². The molecule has 0 atom stereocenters. The lowest BCUT2D eigenvalue weighted by atomic mass is 9.86. The lowest BCUT2D eigenvalue weighted by Crippen LogP contribution is -2.52. The molecule has 18 heavy (non-hydrogen) atoms. The standard InChI is InChI=1S/C13H18N2O3/c14-6-13(8-16-9-13)7-15-10-1-2-11-12(5-10)18-4-3-17-11/h1-2,5,15H,3-4,6-9,14H2. The van der Waals surface area contributed by atoms with Crippen LogP contribution in [-0.4, -0.2) is 39.5 Å². The Kier molecular flexibility index (Phi) is 3.01. The Morgan fingerprint density at radius 1 is 1.17 bits per heavy atom. The third kappa shape index (κ3) is 2.11. The molecule has 5 nitrogen and oxygen atoms in total. The van der Waals surface area contributed by atoms with Crippen molar-refractivity contribution >= 4 is 5.69 Å². The van der Waals surface area contributed by atoms with E-state index in [1.807, 2.05) is 18.2 Å². The van der Waals surface area contributed by atoms with Crippen molar-refractivity contribution in [1.82, 2.24) is 0 Å². The maximum atomic E-state index is 5.78. The van der Waals surface area contributed by atoms with Crippen LogP contribution < -0.4 is 20.5 Å². The summed E-state index contributed by atoms with van der Waals surface area (Å²) in [6, 6.07) is 5.90. The smallest absolute Gasteiger partial charge is 0.163 e. The highest BCUT2D eigenvalue weighted by atomic mass is 16.6. The minimum absolute atomic E-state index is 0.0905. The molecule has 98 valence electrons. The van der Waals surface area contributed by atoms with Gasteiger partial charge in [0, 0.05) is 30.3 Å². The molecule has 2 aliphatic heterocycles. The Morgan fingerprint density at radius 3 is 2.61 bits per heavy atom. The molecule has 3 N–H and O–H groups in total. The molecule has 0 spiro atoms. The summed E-state index contributed by atoms with van der Waals surface area (Å²) in [4.78, 5) is 0. The molecule has 0 bridgehead atoms. The molecule has 5 heteroatoms. The summed E-state index contributed by atoms with van der Waals surface area (Å²) >= 11 is 0. The summed E-state index contributed by atoms with van der Waals surface area (Å²) in [7, 11) is 0. The number of fused-ring (bicyclic) bond motifs is 1. The Labute approximate surface area is 106 Å². The summed E-state index contributed by atoms with van der Waals surface area (Å²) in [5, 5.41) is 3.39. The maximum Gasteiger partial charge on any atom is 0.163 e. The van der Waals surface area contributed by atoms with Crippen LogP contribution in [0, 0.1) is 5.41 Å². The van der Waals surface area contributed by atoms with Crippen LogP contribution in [0.1, 0.15) is 0 Å². The van der Waals surface area contributed by atoms with E-state index in [1.54, 1.807) is 0 Å². The Balaban J connectivity index is 1.66. The van der Waals surface area contributed by atoms with Gasteiger partial charge in [-0.2, -0.15) is 0 Å². The SMILES string of the molecule is NCC1(CNc2ccc3c(c2)OCCO3)COC1. The second-order valence-electron chi connectivity index (χ2n) is 4.91. The molecule has 0 saturated carbocycles. The first-order valence-corrected chi connectivity index (χ1v) is 6.23. The van der Waals surface area contributed by atoms with Gasteiger partial charge >= 0.3 is 0 Å². The Morgan fingerprint density at radius 2 is 1.94 bits per heavy atom. The van der Waals surface area contributed by atoms with Gasteiger partial charge in [-0.1, -0.05) is 0 Å². The third-order valence-electron chi connectivity index (χ3n) is 3.46. The third-order valence-corrected chi connectivity index (χ3v) is 3.46. The van der Waals surface area contributed by atoms with Gasteiger partial charge in [-0.15, -0.1) is 0 Å². The molecule has 1 aromatic carbocycles. The highest BCUT2D eigenvalue weighted by molar-refractivity contribution is 5.55. The van der Waals surface area contributed by atoms with E-state index in [1.165, 1.54) is 0 Å². The van der Waals surface area contributed by atoms with Crippen LogP contribution in [0.2, 0.25) is 0 Å². The Hall–Kier alpha value is -1.46. The minimum Gasteiger partial charge on any atom is -0.486 e. The van der Waals surface area contributed by atoms with Crippen LogP contribution in [0.25, 0.3) is 0 Å². The second kappa shape index (κ2) is 4.66. The largest absolute Gasteiger partial charge is 0.486 e. The number of anilines is 1. The van der Waals surface area contributed by atoms with Crippen molar-refractivity contribution in [3.63, 3.8) is 0 Å². The number of hydrogen-bond acceptors (Lipinski definition) is 5. The van der Waals surface area contributed by atoms with Crippen molar-refractivity contribution in [3.05, 3.63) is 18.2 Å². The summed E-state index contributed by atoms with van der Waals surface area (Å²) in [5.74, 6) is 1.62. The fourth-order valence-electron chi connectivity index (χ4n) is 2.13. The highest BCUT2D eigenvalue weighted by Crippen LogP contribution is 2.33. The van der Waals surface area contributed by atoms with E-state index in [0.717, 1.165) is 36.9 Å². The van der Waals surface area contributed by atoms with Crippen molar-refractivity contribution in [1.29, 1.82) is 0 Å². The molecule has 3 rings (SSSR count). The van der Waals surface area contributed by atoms with Gasteiger partial charge in [-0.25, -0.2) is 0 Å². The lowest BCUT2D eigenvalue weighted by molar-refractivity contribution is -0.0979. The van der Waals surface area contributed by atoms with Gasteiger partial charge in [0.05, 0.1) is 13.2 Å². The van der Waals surface area contributed by atoms with Crippen molar-refractivity contribution in [2.24, 2.45) is 11.1 Å². The van der Waals surface area contributed by atoms with Gasteiger partial charge in [0.1, 0.15) is 13.2 Å². The van der Waals surface area contributed by atoms with Crippen molar-refractivity contribution in [3.8, 4) is 11.5 Å². The van der Waals surface area contributed by atoms with Gasteiger partial charge in [-0.3, -0.25) is 0 Å². The summed E-state index contributed by atoms with van der Waals surface area (Å²) < 4.78 is 16.3. The average molecular weight is 250 g/mol. The molecule has 0 aromatic heterocycles. The monoisotopic (exact) mass is 250 g/mol. The van der Waals surface area contributed by atoms with E-state index < -0.39 is 0 Å². The zero-order chi connectivity index (χ0) is 12.4. The fourth-order valence-corrected chi connectivity index (χ4v) is 2.13. The molecule has 0 radical (unpaired) electrons. The van der Waals surface area contributed by atoms with Crippen LogP contribution >= 0.6 is 0 Å². The molecule has 1 aromatic rings. The normalized spacial score (nSPS) is 20.1. The van der Waals surface area contributed by atoms with E-state index in [2.05, 4.69) is 5.32 Å². The second-order valence-corrected chi connectivity index (χ2v) is 4.91. The van der Waals surface area contributed by atoms with Gasteiger partial charge < -0.3 is 25.3 Å².